The molecule has 1 aliphatic heterocycles. The molecule has 0 spiro atoms. The number of aliphatic imine (C=N–C) groups is 1. The minimum Gasteiger partial charge on any atom is -0.490 e. The highest BCUT2D eigenvalue weighted by atomic mass is 19.1. The number of hydrogen-bond donors (Lipinski definition) is 1. The van der Waals surface area contributed by atoms with Crippen molar-refractivity contribution in [2.75, 3.05) is 11.9 Å². The highest BCUT2D eigenvalue weighted by molar-refractivity contribution is 5.83. The Morgan fingerprint density at radius 2 is 1.80 bits per heavy atom. The van der Waals surface area contributed by atoms with Crippen LogP contribution in [0.5, 0.6) is 11.5 Å². The Balaban J connectivity index is 1.16. The topological polar surface area (TPSA) is 42.8 Å². The second kappa shape index (κ2) is 11.4. The van der Waals surface area contributed by atoms with Crippen LogP contribution in [0.4, 0.5) is 15.8 Å². The molecule has 1 aliphatic carbocycles. The molecule has 40 heavy (non-hydrogen) atoms. The summed E-state index contributed by atoms with van der Waals surface area (Å²) in [5, 5.41) is 3.81. The van der Waals surface area contributed by atoms with E-state index in [0.717, 1.165) is 17.7 Å². The van der Waals surface area contributed by atoms with Crippen LogP contribution in [0.2, 0.25) is 0 Å². The summed E-state index contributed by atoms with van der Waals surface area (Å²) in [6.07, 6.45) is 7.61. The van der Waals surface area contributed by atoms with E-state index in [1.807, 2.05) is 31.3 Å². The SMILES string of the molecule is CCOc1cc(C=Nc2ccc([C@@H]3Nc4ccc(C)cc4[C@@H]4C=CC[C@H]43)cc2)ccc1OCc1ccccc1F. The van der Waals surface area contributed by atoms with Crippen LogP contribution in [0.1, 0.15) is 53.1 Å². The minimum atomic E-state index is -0.283. The predicted octanol–water partition coefficient (Wildman–Crippen LogP) is 8.69. The maximum absolute atomic E-state index is 14.0. The summed E-state index contributed by atoms with van der Waals surface area (Å²) in [6, 6.07) is 27.8. The van der Waals surface area contributed by atoms with Gasteiger partial charge in [-0.1, -0.05) is 60.2 Å². The van der Waals surface area contributed by atoms with Crippen LogP contribution < -0.4 is 14.8 Å². The number of aryl methyl sites for hydroxylation is 1. The number of ether oxygens (including phenoxy) is 2. The lowest BCUT2D eigenvalue weighted by molar-refractivity contribution is 0.266. The molecule has 0 bridgehead atoms. The zero-order valence-corrected chi connectivity index (χ0v) is 22.8. The Hall–Kier alpha value is -4.38. The van der Waals surface area contributed by atoms with Crippen molar-refractivity contribution in [3.8, 4) is 11.5 Å². The molecule has 4 nitrogen and oxygen atoms in total. The maximum atomic E-state index is 14.0. The summed E-state index contributed by atoms with van der Waals surface area (Å²) in [5.74, 6) is 1.87. The van der Waals surface area contributed by atoms with E-state index in [1.54, 1.807) is 18.2 Å². The fraction of sp³-hybridized carbons (Fsp3) is 0.229. The van der Waals surface area contributed by atoms with Crippen molar-refractivity contribution < 1.29 is 13.9 Å². The van der Waals surface area contributed by atoms with Gasteiger partial charge in [-0.2, -0.15) is 0 Å². The van der Waals surface area contributed by atoms with Crippen LogP contribution in [0, 0.1) is 18.7 Å². The third kappa shape index (κ3) is 5.37. The first-order chi connectivity index (χ1) is 19.6. The van der Waals surface area contributed by atoms with Crippen LogP contribution in [0.25, 0.3) is 0 Å². The van der Waals surface area contributed by atoms with Crippen LogP contribution in [-0.4, -0.2) is 12.8 Å². The normalized spacial score (nSPS) is 19.2. The monoisotopic (exact) mass is 532 g/mol. The molecule has 0 unspecified atom stereocenters. The predicted molar refractivity (Wildman–Crippen MR) is 160 cm³/mol. The Kier molecular flexibility index (Phi) is 7.37. The van der Waals surface area contributed by atoms with Crippen molar-refractivity contribution in [2.24, 2.45) is 10.9 Å². The molecule has 5 heteroatoms. The van der Waals surface area contributed by atoms with E-state index in [4.69, 9.17) is 14.5 Å². The molecule has 1 heterocycles. The molecule has 0 aromatic heterocycles. The summed E-state index contributed by atoms with van der Waals surface area (Å²) in [6.45, 7) is 4.71. The molecule has 0 amide bonds. The van der Waals surface area contributed by atoms with E-state index >= 15 is 0 Å². The summed E-state index contributed by atoms with van der Waals surface area (Å²) in [4.78, 5) is 4.71. The zero-order valence-electron chi connectivity index (χ0n) is 22.8. The number of anilines is 1. The average Bonchev–Trinajstić information content (AvgIpc) is 3.47. The fourth-order valence-electron chi connectivity index (χ4n) is 5.72. The standard InChI is InChI=1S/C35H33FN2O2/c1-3-39-34-20-24(12-18-33(34)40-22-26-7-4-5-10-31(26)36)21-37-27-15-13-25(14-16-27)35-29-9-6-8-28(29)30-19-23(2)11-17-32(30)38-35/h4-8,10-21,28-29,35,38H,3,9,22H2,1-2H3/t28-,29-,35+/m1/s1. The molecule has 4 aromatic carbocycles. The molecular weight excluding hydrogens is 499 g/mol. The summed E-state index contributed by atoms with van der Waals surface area (Å²) >= 11 is 0. The molecule has 0 saturated heterocycles. The van der Waals surface area contributed by atoms with Gasteiger partial charge in [0, 0.05) is 23.4 Å². The van der Waals surface area contributed by atoms with Crippen molar-refractivity contribution in [3.63, 3.8) is 0 Å². The fourth-order valence-corrected chi connectivity index (χ4v) is 5.72. The Morgan fingerprint density at radius 3 is 2.62 bits per heavy atom. The molecule has 0 radical (unpaired) electrons. The Labute approximate surface area is 235 Å². The van der Waals surface area contributed by atoms with Gasteiger partial charge in [0.25, 0.3) is 0 Å². The molecule has 2 aliphatic rings. The van der Waals surface area contributed by atoms with Crippen molar-refractivity contribution in [1.29, 1.82) is 0 Å². The van der Waals surface area contributed by atoms with Crippen molar-refractivity contribution in [2.45, 2.75) is 38.8 Å². The van der Waals surface area contributed by atoms with Crippen molar-refractivity contribution >= 4 is 17.6 Å². The summed E-state index contributed by atoms with van der Waals surface area (Å²) in [5.41, 5.74) is 7.50. The van der Waals surface area contributed by atoms with E-state index in [1.165, 1.54) is 28.4 Å². The van der Waals surface area contributed by atoms with Crippen LogP contribution in [0.3, 0.4) is 0 Å². The highest BCUT2D eigenvalue weighted by Gasteiger charge is 2.37. The van der Waals surface area contributed by atoms with Gasteiger partial charge in [-0.25, -0.2) is 4.39 Å². The summed E-state index contributed by atoms with van der Waals surface area (Å²) < 4.78 is 25.7. The third-order valence-electron chi connectivity index (χ3n) is 7.74. The van der Waals surface area contributed by atoms with E-state index in [0.29, 0.717) is 35.5 Å². The van der Waals surface area contributed by atoms with Gasteiger partial charge in [0.15, 0.2) is 11.5 Å². The minimum absolute atomic E-state index is 0.130. The lowest BCUT2D eigenvalue weighted by Gasteiger charge is -2.37. The molecule has 0 saturated carbocycles. The number of fused-ring (bicyclic) bond motifs is 3. The van der Waals surface area contributed by atoms with Gasteiger partial charge in [0.05, 0.1) is 18.3 Å². The average molecular weight is 533 g/mol. The number of halogens is 1. The van der Waals surface area contributed by atoms with E-state index in [-0.39, 0.29) is 18.5 Å². The van der Waals surface area contributed by atoms with Gasteiger partial charge in [-0.05, 0) is 85.3 Å². The number of nitrogens with one attached hydrogen (secondary N) is 1. The highest BCUT2D eigenvalue weighted by Crippen LogP contribution is 2.50. The van der Waals surface area contributed by atoms with E-state index in [9.17, 15) is 4.39 Å². The van der Waals surface area contributed by atoms with Crippen molar-refractivity contribution in [1.82, 2.24) is 0 Å². The third-order valence-corrected chi connectivity index (χ3v) is 7.74. The van der Waals surface area contributed by atoms with Crippen LogP contribution in [-0.2, 0) is 6.61 Å². The van der Waals surface area contributed by atoms with E-state index in [2.05, 4.69) is 66.9 Å². The first kappa shape index (κ1) is 25.9. The van der Waals surface area contributed by atoms with Crippen LogP contribution >= 0.6 is 0 Å². The van der Waals surface area contributed by atoms with Gasteiger partial charge in [-0.15, -0.1) is 0 Å². The number of allylic oxidation sites excluding steroid dienone is 2. The Bertz CT molecular complexity index is 1560. The van der Waals surface area contributed by atoms with Gasteiger partial charge >= 0.3 is 0 Å². The Morgan fingerprint density at radius 1 is 0.950 bits per heavy atom. The maximum Gasteiger partial charge on any atom is 0.161 e. The largest absolute Gasteiger partial charge is 0.490 e. The smallest absolute Gasteiger partial charge is 0.161 e. The van der Waals surface area contributed by atoms with Gasteiger partial charge in [0.1, 0.15) is 12.4 Å². The van der Waals surface area contributed by atoms with Gasteiger partial charge < -0.3 is 14.8 Å². The van der Waals surface area contributed by atoms with Gasteiger partial charge in [0.2, 0.25) is 0 Å². The molecular formula is C35H33FN2O2. The molecule has 3 atom stereocenters. The lowest BCUT2D eigenvalue weighted by Crippen LogP contribution is -2.29. The number of nitrogens with zero attached hydrogens (tertiary/aromatic N) is 1. The molecule has 4 aromatic rings. The lowest BCUT2D eigenvalue weighted by atomic mass is 9.76. The second-order valence-electron chi connectivity index (χ2n) is 10.4. The number of rotatable bonds is 8. The number of hydrogen-bond acceptors (Lipinski definition) is 4. The van der Waals surface area contributed by atoms with Gasteiger partial charge in [-0.3, -0.25) is 4.99 Å². The van der Waals surface area contributed by atoms with Crippen molar-refractivity contribution in [3.05, 3.63) is 131 Å². The quantitative estimate of drug-likeness (QED) is 0.182. The first-order valence-corrected chi connectivity index (χ1v) is 13.9. The van der Waals surface area contributed by atoms with E-state index < -0.39 is 0 Å². The second-order valence-corrected chi connectivity index (χ2v) is 10.4. The molecule has 1 N–H and O–H groups in total. The molecule has 202 valence electrons. The molecule has 0 fully saturated rings. The summed E-state index contributed by atoms with van der Waals surface area (Å²) in [7, 11) is 0. The first-order valence-electron chi connectivity index (χ1n) is 13.9. The molecule has 6 rings (SSSR count). The van der Waals surface area contributed by atoms with Crippen LogP contribution in [0.15, 0.2) is 102 Å². The zero-order chi connectivity index (χ0) is 27.5. The number of benzene rings is 4.